The van der Waals surface area contributed by atoms with Crippen molar-refractivity contribution in [1.29, 1.82) is 0 Å². The van der Waals surface area contributed by atoms with E-state index in [4.69, 9.17) is 6.13 Å². The van der Waals surface area contributed by atoms with Crippen LogP contribution in [0.25, 0.3) is 0 Å². The van der Waals surface area contributed by atoms with Gasteiger partial charge in [-0.05, 0) is 0 Å². The molecule has 0 aromatic heterocycles. The topological polar surface area (TPSA) is 49.7 Å². The van der Waals surface area contributed by atoms with Gasteiger partial charge in [0.2, 0.25) is 0 Å². The molecule has 0 rings (SSSR count). The third kappa shape index (κ3) is 188. The first-order chi connectivity index (χ1) is 10.4. The van der Waals surface area contributed by atoms with E-state index in [9.17, 15) is 0 Å². The van der Waals surface area contributed by atoms with Gasteiger partial charge in [-0.2, -0.15) is 0 Å². The van der Waals surface area contributed by atoms with Crippen LogP contribution in [0.5, 0.6) is 0 Å². The van der Waals surface area contributed by atoms with Crippen LogP contribution in [0.1, 0.15) is 192 Å². The average molecular weight is 1040 g/mol. The fourth-order valence-corrected chi connectivity index (χ4v) is 22.5. The van der Waals surface area contributed by atoms with E-state index in [1.807, 2.05) is 27.9 Å². The zero-order valence-corrected chi connectivity index (χ0v) is 23.5. The standard InChI is InChI=1S/2C4H13IN2OP2S.24CH4/c2*1-4-8-5(11)9-7(3)10-6-2;;;;;;;;;;;;;;;;;;;;;;;;/h2*9,11H,4H2,1-3H3;24*1H4. The van der Waals surface area contributed by atoms with Gasteiger partial charge in [0.15, 0.2) is 0 Å². The van der Waals surface area contributed by atoms with Gasteiger partial charge in [-0.25, -0.2) is 0 Å². The summed E-state index contributed by atoms with van der Waals surface area (Å²) in [6, 6.07) is 0. The molecule has 0 spiro atoms. The average Bonchev–Trinajstić information content (AvgIpc) is 2.40. The second-order valence-corrected chi connectivity index (χ2v) is 27.6. The van der Waals surface area contributed by atoms with Crippen molar-refractivity contribution in [2.45, 2.75) is 192 Å². The van der Waals surface area contributed by atoms with Gasteiger partial charge in [0.05, 0.1) is 0 Å². The number of rotatable bonds is 10. The molecule has 0 heterocycles. The van der Waals surface area contributed by atoms with Crippen molar-refractivity contribution in [2.75, 3.05) is 41.4 Å². The molecule has 0 fully saturated rings. The SMILES string of the molecule is C.C.C.C.C.C.C.C.C.C.C.C.C.C.C.C.C.C.C.C.C.C.C.C.CCOI(S)PN(C)P=NC.CCOI(S)PN(C)P=NC. The Kier molecular flexibility index (Phi) is 785. The Morgan fingerprint density at radius 2 is 0.609 bits per heavy atom. The Hall–Kier alpha value is 3.06. The summed E-state index contributed by atoms with van der Waals surface area (Å²) in [5.41, 5.74) is 0. The third-order valence-corrected chi connectivity index (χ3v) is 21.4. The Labute approximate surface area is 341 Å². The maximum absolute atomic E-state index is 5.40. The van der Waals surface area contributed by atoms with Crippen LogP contribution >= 0.6 is 86.0 Å². The van der Waals surface area contributed by atoms with Crippen molar-refractivity contribution >= 4 is 86.0 Å². The first-order valence-electron chi connectivity index (χ1n) is 6.05. The van der Waals surface area contributed by atoms with Gasteiger partial charge >= 0.3 is 166 Å². The van der Waals surface area contributed by atoms with Crippen LogP contribution in [0, 0.1) is 0 Å². The molecule has 0 bridgehead atoms. The van der Waals surface area contributed by atoms with E-state index in [-0.39, 0.29) is 178 Å². The first kappa shape index (κ1) is 213. The monoisotopic (exact) mass is 1040 g/mol. The fraction of sp³-hybridized carbons (Fsp3) is 1.00. The van der Waals surface area contributed by atoms with Crippen molar-refractivity contribution in [3.63, 3.8) is 0 Å². The van der Waals surface area contributed by atoms with Crippen LogP contribution in [-0.2, 0) is 6.13 Å². The van der Waals surface area contributed by atoms with Gasteiger partial charge in [0, 0.05) is 0 Å². The summed E-state index contributed by atoms with van der Waals surface area (Å²) in [5.74, 6) is 0. The van der Waals surface area contributed by atoms with Gasteiger partial charge in [-0.3, -0.25) is 0 Å². The molecule has 328 valence electrons. The Balaban J connectivity index is -0.00000000476. The second kappa shape index (κ2) is 169. The molecule has 0 aliphatic rings. The van der Waals surface area contributed by atoms with Crippen LogP contribution in [0.4, 0.5) is 0 Å². The molecule has 14 heteroatoms. The fourth-order valence-electron chi connectivity index (χ4n) is 0.767. The minimum atomic E-state index is -1.37. The summed E-state index contributed by atoms with van der Waals surface area (Å²) in [6.07, 6.45) is 1.44. The molecule has 0 saturated carbocycles. The third-order valence-electron chi connectivity index (χ3n) is 1.26. The normalized spacial score (nSPS) is 6.74. The zero-order chi connectivity index (χ0) is 17.4. The molecule has 2 unspecified atom stereocenters. The molecule has 46 heavy (non-hydrogen) atoms. The number of nitrogens with zero attached hydrogens (tertiary/aromatic N) is 4. The van der Waals surface area contributed by atoms with Crippen LogP contribution in [0.3, 0.4) is 0 Å². The van der Waals surface area contributed by atoms with Gasteiger partial charge in [0.25, 0.3) is 0 Å². The molecular weight excluding hydrogens is 914 g/mol. The van der Waals surface area contributed by atoms with E-state index in [0.29, 0.717) is 0 Å². The van der Waals surface area contributed by atoms with Crippen LogP contribution in [0.2, 0.25) is 0 Å². The van der Waals surface area contributed by atoms with Crippen molar-refractivity contribution in [3.05, 3.63) is 0 Å². The van der Waals surface area contributed by atoms with Crippen molar-refractivity contribution in [2.24, 2.45) is 9.49 Å². The Morgan fingerprint density at radius 3 is 0.717 bits per heavy atom. The molecule has 0 radical (unpaired) electrons. The molecule has 6 nitrogen and oxygen atoms in total. The van der Waals surface area contributed by atoms with E-state index in [2.05, 4.69) is 38.0 Å². The summed E-state index contributed by atoms with van der Waals surface area (Å²) in [6.45, 7) is 5.59. The molecule has 0 aliphatic heterocycles. The summed E-state index contributed by atoms with van der Waals surface area (Å²) >= 11 is -2.74. The van der Waals surface area contributed by atoms with E-state index >= 15 is 0 Å². The van der Waals surface area contributed by atoms with E-state index in [1.165, 1.54) is 0 Å². The molecule has 0 aromatic carbocycles. The van der Waals surface area contributed by atoms with Crippen LogP contribution in [-0.4, -0.2) is 50.3 Å². The quantitative estimate of drug-likeness (QED) is 0.130. The summed E-state index contributed by atoms with van der Waals surface area (Å²) in [4.78, 5) is 0. The molecule has 0 saturated heterocycles. The number of halogens is 2. The molecule has 0 aromatic rings. The van der Waals surface area contributed by atoms with Gasteiger partial charge in [-0.15, -0.1) is 0 Å². The number of hydrogen-bond donors (Lipinski definition) is 2. The van der Waals surface area contributed by atoms with Gasteiger partial charge in [0.1, 0.15) is 0 Å². The molecule has 0 N–H and O–H groups in total. The number of thiol groups is 2. The maximum atomic E-state index is 5.40. The van der Waals surface area contributed by atoms with E-state index in [1.54, 1.807) is 14.1 Å². The second-order valence-electron chi connectivity index (χ2n) is 3.05. The molecule has 0 amide bonds. The number of hydrogen-bond acceptors (Lipinski definition) is 6. The summed E-state index contributed by atoms with van der Waals surface area (Å²) < 4.78 is 23.1. The summed E-state index contributed by atoms with van der Waals surface area (Å²) in [5, 5.41) is 0. The Bertz CT molecular complexity index is 305. The van der Waals surface area contributed by atoms with Gasteiger partial charge < -0.3 is 0 Å². The Morgan fingerprint density at radius 1 is 0.457 bits per heavy atom. The summed E-state index contributed by atoms with van der Waals surface area (Å²) in [7, 11) is 18.5. The predicted molar refractivity (Wildman–Crippen MR) is 294 cm³/mol. The van der Waals surface area contributed by atoms with E-state index in [0.717, 1.165) is 43.0 Å². The van der Waals surface area contributed by atoms with Crippen LogP contribution in [0.15, 0.2) is 9.49 Å². The van der Waals surface area contributed by atoms with E-state index < -0.39 is 36.6 Å². The minimum absolute atomic E-state index is 0. The molecule has 0 aliphatic carbocycles. The van der Waals surface area contributed by atoms with Crippen molar-refractivity contribution < 1.29 is 6.13 Å². The molecular formula is C32H122I2N4O2P4S2. The molecule has 2 atom stereocenters. The first-order valence-corrected chi connectivity index (χ1v) is 24.0. The predicted octanol–water partition coefficient (Wildman–Crippen LogP) is 22.1. The van der Waals surface area contributed by atoms with Crippen LogP contribution < -0.4 is 0 Å². The van der Waals surface area contributed by atoms with Crippen molar-refractivity contribution in [3.8, 4) is 0 Å². The zero-order valence-electron chi connectivity index (χ0n) is 13.6. The van der Waals surface area contributed by atoms with Gasteiger partial charge in [-0.1, -0.05) is 178 Å². The van der Waals surface area contributed by atoms with Crippen molar-refractivity contribution in [1.82, 2.24) is 8.88 Å².